The second-order valence-electron chi connectivity index (χ2n) is 13.5. The fourth-order valence-electron chi connectivity index (χ4n) is 6.94. The van der Waals surface area contributed by atoms with Crippen molar-refractivity contribution in [1.82, 2.24) is 9.80 Å². The highest BCUT2D eigenvalue weighted by Crippen LogP contribution is 2.39. The lowest BCUT2D eigenvalue weighted by atomic mass is 9.98. The molecule has 5 aromatic rings. The van der Waals surface area contributed by atoms with E-state index < -0.39 is 12.4 Å². The predicted octanol–water partition coefficient (Wildman–Crippen LogP) is 7.24. The summed E-state index contributed by atoms with van der Waals surface area (Å²) in [6.45, 7) is 2.78. The first-order valence-electron chi connectivity index (χ1n) is 17.4. The minimum Gasteiger partial charge on any atom is -0.392 e. The van der Waals surface area contributed by atoms with E-state index in [1.807, 2.05) is 117 Å². The van der Waals surface area contributed by atoms with Gasteiger partial charge in [-0.2, -0.15) is 0 Å². The molecule has 8 heteroatoms. The standard InChI is InChI=1S/C43H42N2O6/c1-28(40(47)33-10-4-3-5-11-33)44(2)26-36-24-39(32-17-15-29(27-46)16-18-32)51-43(50-36)34-21-19-31(20-22-34)35-12-8-9-30(23-35)25-45-41(48)37-13-6-7-14-38(37)42(45)49/h3-23,28,36,39-40,43,46-47H,24-27H2,1-2H3/t28-,36+,39-,40-,43-/m0/s1. The molecular weight excluding hydrogens is 640 g/mol. The van der Waals surface area contributed by atoms with E-state index in [0.717, 1.165) is 38.9 Å². The molecule has 1 saturated heterocycles. The number of ether oxygens (including phenoxy) is 2. The van der Waals surface area contributed by atoms with Crippen LogP contribution in [-0.4, -0.2) is 57.6 Å². The summed E-state index contributed by atoms with van der Waals surface area (Å²) in [6.07, 6.45) is -1.05. The van der Waals surface area contributed by atoms with Crippen molar-refractivity contribution >= 4 is 11.8 Å². The van der Waals surface area contributed by atoms with E-state index in [0.29, 0.717) is 24.1 Å². The molecule has 2 amide bonds. The number of rotatable bonds is 11. The molecule has 0 aliphatic carbocycles. The molecule has 5 atom stereocenters. The van der Waals surface area contributed by atoms with Gasteiger partial charge in [0.1, 0.15) is 0 Å². The Bertz CT molecular complexity index is 1950. The molecule has 0 aromatic heterocycles. The Balaban J connectivity index is 1.08. The highest BCUT2D eigenvalue weighted by atomic mass is 16.7. The van der Waals surface area contributed by atoms with Crippen molar-refractivity contribution in [1.29, 1.82) is 0 Å². The molecule has 51 heavy (non-hydrogen) atoms. The summed E-state index contributed by atoms with van der Waals surface area (Å²) >= 11 is 0. The van der Waals surface area contributed by atoms with Crippen LogP contribution in [0.25, 0.3) is 11.1 Å². The number of nitrogens with zero attached hydrogens (tertiary/aromatic N) is 2. The van der Waals surface area contributed by atoms with Gasteiger partial charge in [0.25, 0.3) is 11.8 Å². The molecular formula is C43H42N2O6. The van der Waals surface area contributed by atoms with E-state index in [-0.39, 0.29) is 43.2 Å². The summed E-state index contributed by atoms with van der Waals surface area (Å²) in [5, 5.41) is 20.7. The fraction of sp³-hybridized carbons (Fsp3) is 0.256. The number of carbonyl (C=O) groups excluding carboxylic acids is 2. The first-order chi connectivity index (χ1) is 24.8. The second-order valence-corrected chi connectivity index (χ2v) is 13.5. The van der Waals surface area contributed by atoms with Crippen LogP contribution < -0.4 is 0 Å². The van der Waals surface area contributed by atoms with Gasteiger partial charge in [-0.05, 0) is 65.6 Å². The number of aliphatic hydroxyl groups is 2. The third kappa shape index (κ3) is 7.42. The lowest BCUT2D eigenvalue weighted by molar-refractivity contribution is -0.253. The van der Waals surface area contributed by atoms with Crippen LogP contribution in [0.3, 0.4) is 0 Å². The molecule has 2 N–H and O–H groups in total. The van der Waals surface area contributed by atoms with Gasteiger partial charge in [-0.25, -0.2) is 0 Å². The van der Waals surface area contributed by atoms with Gasteiger partial charge in [0.2, 0.25) is 0 Å². The van der Waals surface area contributed by atoms with Crippen molar-refractivity contribution in [3.63, 3.8) is 0 Å². The topological polar surface area (TPSA) is 99.5 Å². The van der Waals surface area contributed by atoms with Crippen molar-refractivity contribution in [2.24, 2.45) is 0 Å². The maximum atomic E-state index is 13.0. The van der Waals surface area contributed by atoms with Crippen LogP contribution in [-0.2, 0) is 22.6 Å². The van der Waals surface area contributed by atoms with Gasteiger partial charge in [0.15, 0.2) is 6.29 Å². The number of likely N-dealkylation sites (N-methyl/N-ethyl adjacent to an activating group) is 1. The smallest absolute Gasteiger partial charge is 0.261 e. The zero-order valence-corrected chi connectivity index (χ0v) is 28.8. The number of hydrogen-bond donors (Lipinski definition) is 2. The molecule has 2 aliphatic heterocycles. The first-order valence-corrected chi connectivity index (χ1v) is 17.4. The van der Waals surface area contributed by atoms with Crippen molar-refractivity contribution in [2.45, 2.75) is 57.1 Å². The third-order valence-corrected chi connectivity index (χ3v) is 10.1. The molecule has 260 valence electrons. The van der Waals surface area contributed by atoms with Gasteiger partial charge < -0.3 is 19.7 Å². The van der Waals surface area contributed by atoms with Crippen LogP contribution in [0.5, 0.6) is 0 Å². The van der Waals surface area contributed by atoms with Gasteiger partial charge in [-0.1, -0.05) is 109 Å². The molecule has 0 bridgehead atoms. The zero-order valence-electron chi connectivity index (χ0n) is 28.8. The summed E-state index contributed by atoms with van der Waals surface area (Å²) in [6, 6.07) is 40.3. The highest BCUT2D eigenvalue weighted by molar-refractivity contribution is 6.21. The van der Waals surface area contributed by atoms with Crippen molar-refractivity contribution in [2.75, 3.05) is 13.6 Å². The SMILES string of the molecule is C[C@@H]([C@H](O)c1ccccc1)N(C)C[C@H]1C[C@@H](c2ccc(CO)cc2)O[C@@H](c2ccc(-c3cccc(CN4C(=O)c5ccccc5C4=O)c3)cc2)O1. The van der Waals surface area contributed by atoms with Gasteiger partial charge in [0.05, 0.1) is 42.6 Å². The summed E-state index contributed by atoms with van der Waals surface area (Å²) in [7, 11) is 2.01. The van der Waals surface area contributed by atoms with E-state index in [1.165, 1.54) is 4.90 Å². The summed E-state index contributed by atoms with van der Waals surface area (Å²) < 4.78 is 13.2. The van der Waals surface area contributed by atoms with E-state index in [2.05, 4.69) is 4.90 Å². The lowest BCUT2D eigenvalue weighted by Crippen LogP contribution is -2.43. The van der Waals surface area contributed by atoms with Gasteiger partial charge in [-0.15, -0.1) is 0 Å². The molecule has 2 heterocycles. The Labute approximate surface area is 298 Å². The maximum absolute atomic E-state index is 13.0. The van der Waals surface area contributed by atoms with Gasteiger partial charge >= 0.3 is 0 Å². The minimum absolute atomic E-state index is 0.0232. The minimum atomic E-state index is -0.646. The molecule has 2 aliphatic rings. The Morgan fingerprint density at radius 1 is 0.745 bits per heavy atom. The Morgan fingerprint density at radius 3 is 2.06 bits per heavy atom. The van der Waals surface area contributed by atoms with Gasteiger partial charge in [0, 0.05) is 24.6 Å². The van der Waals surface area contributed by atoms with Crippen molar-refractivity contribution in [3.8, 4) is 11.1 Å². The van der Waals surface area contributed by atoms with E-state index in [4.69, 9.17) is 9.47 Å². The number of benzene rings is 5. The molecule has 1 fully saturated rings. The third-order valence-electron chi connectivity index (χ3n) is 10.1. The van der Waals surface area contributed by atoms with E-state index in [1.54, 1.807) is 24.3 Å². The first kappa shape index (κ1) is 34.5. The van der Waals surface area contributed by atoms with Crippen LogP contribution in [0.1, 0.15) is 80.4 Å². The summed E-state index contributed by atoms with van der Waals surface area (Å²) in [5.74, 6) is -0.543. The van der Waals surface area contributed by atoms with Crippen LogP contribution in [0, 0.1) is 0 Å². The number of fused-ring (bicyclic) bond motifs is 1. The average molecular weight is 683 g/mol. The fourth-order valence-corrected chi connectivity index (χ4v) is 6.94. The summed E-state index contributed by atoms with van der Waals surface area (Å²) in [5.41, 5.74) is 7.30. The van der Waals surface area contributed by atoms with Crippen LogP contribution in [0.2, 0.25) is 0 Å². The zero-order chi connectivity index (χ0) is 35.5. The number of carbonyl (C=O) groups is 2. The molecule has 8 nitrogen and oxygen atoms in total. The number of amides is 2. The van der Waals surface area contributed by atoms with E-state index >= 15 is 0 Å². The molecule has 5 aromatic carbocycles. The van der Waals surface area contributed by atoms with Crippen LogP contribution >= 0.6 is 0 Å². The predicted molar refractivity (Wildman–Crippen MR) is 194 cm³/mol. The number of imide groups is 1. The Kier molecular flexibility index (Phi) is 10.2. The molecule has 0 saturated carbocycles. The molecule has 0 spiro atoms. The quantitative estimate of drug-likeness (QED) is 0.142. The lowest BCUT2D eigenvalue weighted by Gasteiger charge is -2.39. The molecule has 7 rings (SSSR count). The van der Waals surface area contributed by atoms with Gasteiger partial charge in [-0.3, -0.25) is 19.4 Å². The monoisotopic (exact) mass is 682 g/mol. The normalized spacial score (nSPS) is 20.0. The Hall–Kier alpha value is -4.96. The van der Waals surface area contributed by atoms with Crippen LogP contribution in [0.4, 0.5) is 0 Å². The number of hydrogen-bond acceptors (Lipinski definition) is 7. The van der Waals surface area contributed by atoms with Crippen molar-refractivity contribution < 1.29 is 29.3 Å². The second kappa shape index (κ2) is 15.1. The van der Waals surface area contributed by atoms with Crippen molar-refractivity contribution in [3.05, 3.63) is 166 Å². The highest BCUT2D eigenvalue weighted by Gasteiger charge is 2.36. The summed E-state index contributed by atoms with van der Waals surface area (Å²) in [4.78, 5) is 29.4. The van der Waals surface area contributed by atoms with Crippen LogP contribution in [0.15, 0.2) is 127 Å². The Morgan fingerprint density at radius 2 is 1.39 bits per heavy atom. The van der Waals surface area contributed by atoms with E-state index in [9.17, 15) is 19.8 Å². The average Bonchev–Trinajstić information content (AvgIpc) is 3.42. The molecule has 0 unspecified atom stereocenters. The number of aliphatic hydroxyl groups excluding tert-OH is 2. The molecule has 0 radical (unpaired) electrons. The maximum Gasteiger partial charge on any atom is 0.261 e. The largest absolute Gasteiger partial charge is 0.392 e.